The van der Waals surface area contributed by atoms with Crippen molar-refractivity contribution in [3.8, 4) is 0 Å². The molecule has 1 amide bonds. The van der Waals surface area contributed by atoms with Crippen molar-refractivity contribution in [3.05, 3.63) is 76.2 Å². The van der Waals surface area contributed by atoms with E-state index in [1.165, 1.54) is 4.68 Å². The molecule has 6 heteroatoms. The molecule has 0 aliphatic heterocycles. The van der Waals surface area contributed by atoms with E-state index >= 15 is 0 Å². The van der Waals surface area contributed by atoms with E-state index in [1.807, 2.05) is 74.4 Å². The molecule has 0 N–H and O–H groups in total. The van der Waals surface area contributed by atoms with Gasteiger partial charge in [-0.15, -0.1) is 0 Å². The number of likely N-dealkylation sites (N-methyl/N-ethyl adjacent to an activating group) is 1. The molecule has 0 aliphatic carbocycles. The summed E-state index contributed by atoms with van der Waals surface area (Å²) in [5, 5.41) is 5.78. The van der Waals surface area contributed by atoms with Gasteiger partial charge in [-0.1, -0.05) is 48.5 Å². The van der Waals surface area contributed by atoms with Gasteiger partial charge in [0.05, 0.1) is 11.1 Å². The largest absolute Gasteiger partial charge is 0.335 e. The summed E-state index contributed by atoms with van der Waals surface area (Å²) in [5.41, 5.74) is 1.57. The van der Waals surface area contributed by atoms with Gasteiger partial charge >= 0.3 is 0 Å². The van der Waals surface area contributed by atoms with Crippen LogP contribution in [0.1, 0.15) is 11.3 Å². The summed E-state index contributed by atoms with van der Waals surface area (Å²) in [6, 6.07) is 17.2. The van der Waals surface area contributed by atoms with Crippen LogP contribution < -0.4 is 5.56 Å². The lowest BCUT2D eigenvalue weighted by molar-refractivity contribution is -0.132. The van der Waals surface area contributed by atoms with E-state index in [4.69, 9.17) is 0 Å². The number of carbonyl (C=O) groups is 1. The number of nitrogens with zero attached hydrogens (tertiary/aromatic N) is 4. The third-order valence-electron chi connectivity index (χ3n) is 4.72. The van der Waals surface area contributed by atoms with Gasteiger partial charge in [0.2, 0.25) is 5.91 Å². The van der Waals surface area contributed by atoms with Crippen LogP contribution in [0.4, 0.5) is 0 Å². The highest BCUT2D eigenvalue weighted by Gasteiger charge is 2.17. The molecule has 0 unspecified atom stereocenters. The average molecular weight is 378 g/mol. The number of carbonyl (C=O) groups excluding carboxylic acids is 1. The van der Waals surface area contributed by atoms with Gasteiger partial charge in [-0.3, -0.25) is 9.59 Å². The van der Waals surface area contributed by atoms with Crippen LogP contribution in [0.2, 0.25) is 0 Å². The quantitative estimate of drug-likeness (QED) is 0.633. The Kier molecular flexibility index (Phi) is 6.21. The first-order valence-corrected chi connectivity index (χ1v) is 9.38. The number of hydrogen-bond acceptors (Lipinski definition) is 4. The van der Waals surface area contributed by atoms with E-state index in [-0.39, 0.29) is 18.0 Å². The number of aromatic nitrogens is 2. The minimum atomic E-state index is -0.234. The zero-order chi connectivity index (χ0) is 20.1. The van der Waals surface area contributed by atoms with E-state index in [2.05, 4.69) is 5.10 Å². The van der Waals surface area contributed by atoms with Crippen LogP contribution in [0, 0.1) is 6.92 Å². The summed E-state index contributed by atoms with van der Waals surface area (Å²) < 4.78 is 1.29. The summed E-state index contributed by atoms with van der Waals surface area (Å²) in [7, 11) is 3.95. The summed E-state index contributed by atoms with van der Waals surface area (Å²) in [6.45, 7) is 3.63. The molecule has 1 aromatic heterocycles. The molecule has 0 saturated carbocycles. The molecule has 0 spiro atoms. The lowest BCUT2D eigenvalue weighted by Crippen LogP contribution is -2.40. The maximum atomic E-state index is 13.0. The number of benzene rings is 2. The predicted molar refractivity (Wildman–Crippen MR) is 111 cm³/mol. The Morgan fingerprint density at radius 3 is 2.29 bits per heavy atom. The number of rotatable bonds is 7. The molecule has 0 fully saturated rings. The second-order valence-electron chi connectivity index (χ2n) is 7.20. The van der Waals surface area contributed by atoms with Crippen LogP contribution in [-0.4, -0.2) is 52.7 Å². The zero-order valence-electron chi connectivity index (χ0n) is 16.6. The molecule has 3 rings (SSSR count). The zero-order valence-corrected chi connectivity index (χ0v) is 16.6. The number of hydrogen-bond donors (Lipinski definition) is 0. The van der Waals surface area contributed by atoms with Gasteiger partial charge in [0, 0.05) is 25.0 Å². The first-order valence-electron chi connectivity index (χ1n) is 9.38. The first kappa shape index (κ1) is 19.8. The third kappa shape index (κ3) is 4.64. The van der Waals surface area contributed by atoms with Crippen LogP contribution >= 0.6 is 0 Å². The lowest BCUT2D eigenvalue weighted by atomic mass is 10.1. The fourth-order valence-electron chi connectivity index (χ4n) is 3.16. The van der Waals surface area contributed by atoms with Gasteiger partial charge in [0.15, 0.2) is 0 Å². The van der Waals surface area contributed by atoms with E-state index in [0.717, 1.165) is 23.2 Å². The van der Waals surface area contributed by atoms with Crippen molar-refractivity contribution < 1.29 is 4.79 Å². The molecule has 2 aromatic carbocycles. The molecule has 6 nitrogen and oxygen atoms in total. The first-order chi connectivity index (χ1) is 13.5. The van der Waals surface area contributed by atoms with E-state index in [0.29, 0.717) is 18.5 Å². The van der Waals surface area contributed by atoms with E-state index in [1.54, 1.807) is 11.0 Å². The Morgan fingerprint density at radius 1 is 0.964 bits per heavy atom. The highest BCUT2D eigenvalue weighted by molar-refractivity contribution is 5.83. The van der Waals surface area contributed by atoms with Crippen LogP contribution in [0.15, 0.2) is 59.4 Å². The highest BCUT2D eigenvalue weighted by Crippen LogP contribution is 2.12. The van der Waals surface area contributed by atoms with E-state index in [9.17, 15) is 9.59 Å². The van der Waals surface area contributed by atoms with Crippen molar-refractivity contribution in [2.75, 3.05) is 27.2 Å². The fourth-order valence-corrected chi connectivity index (χ4v) is 3.16. The molecule has 0 radical (unpaired) electrons. The van der Waals surface area contributed by atoms with Gasteiger partial charge in [-0.25, -0.2) is 4.68 Å². The van der Waals surface area contributed by atoms with Crippen LogP contribution in [0.5, 0.6) is 0 Å². The molecule has 0 saturated heterocycles. The second kappa shape index (κ2) is 8.80. The van der Waals surface area contributed by atoms with Crippen molar-refractivity contribution in [1.82, 2.24) is 19.6 Å². The molecule has 0 bridgehead atoms. The molecule has 146 valence electrons. The fraction of sp³-hybridized carbons (Fsp3) is 0.318. The Balaban J connectivity index is 1.86. The maximum absolute atomic E-state index is 13.0. The third-order valence-corrected chi connectivity index (χ3v) is 4.72. The Morgan fingerprint density at radius 2 is 1.61 bits per heavy atom. The summed E-state index contributed by atoms with van der Waals surface area (Å²) in [4.78, 5) is 29.6. The number of fused-ring (bicyclic) bond motifs is 1. The minimum Gasteiger partial charge on any atom is -0.335 e. The average Bonchev–Trinajstić information content (AvgIpc) is 2.69. The van der Waals surface area contributed by atoms with Gasteiger partial charge in [0.1, 0.15) is 6.54 Å². The monoisotopic (exact) mass is 378 g/mol. The molecule has 1 heterocycles. The molecule has 3 aromatic rings. The van der Waals surface area contributed by atoms with Crippen molar-refractivity contribution in [2.24, 2.45) is 0 Å². The normalized spacial score (nSPS) is 11.1. The Hall–Kier alpha value is -2.99. The van der Waals surface area contributed by atoms with Crippen LogP contribution in [0.3, 0.4) is 0 Å². The molecule has 28 heavy (non-hydrogen) atoms. The van der Waals surface area contributed by atoms with Gasteiger partial charge in [-0.2, -0.15) is 5.10 Å². The van der Waals surface area contributed by atoms with Crippen molar-refractivity contribution in [3.63, 3.8) is 0 Å². The van der Waals surface area contributed by atoms with Gasteiger partial charge in [0.25, 0.3) is 5.56 Å². The van der Waals surface area contributed by atoms with Crippen LogP contribution in [-0.2, 0) is 17.9 Å². The number of amides is 1. The molecule has 0 atom stereocenters. The second-order valence-corrected chi connectivity index (χ2v) is 7.20. The summed E-state index contributed by atoms with van der Waals surface area (Å²) >= 11 is 0. The standard InChI is InChI=1S/C22H26N4O2/c1-17-19-11-7-8-12-20(19)22(28)26(23-17)16-21(27)25(14-13-24(2)3)15-18-9-5-4-6-10-18/h4-12H,13-16H2,1-3H3. The molecule has 0 aliphatic rings. The molecular formula is C22H26N4O2. The van der Waals surface area contributed by atoms with Gasteiger partial charge in [-0.05, 0) is 32.6 Å². The van der Waals surface area contributed by atoms with E-state index < -0.39 is 0 Å². The van der Waals surface area contributed by atoms with Crippen molar-refractivity contribution in [1.29, 1.82) is 0 Å². The van der Waals surface area contributed by atoms with Crippen molar-refractivity contribution >= 4 is 16.7 Å². The predicted octanol–water partition coefficient (Wildman–Crippen LogP) is 2.30. The van der Waals surface area contributed by atoms with Crippen molar-refractivity contribution in [2.45, 2.75) is 20.0 Å². The Labute approximate surface area is 165 Å². The maximum Gasteiger partial charge on any atom is 0.275 e. The lowest BCUT2D eigenvalue weighted by Gasteiger charge is -2.25. The van der Waals surface area contributed by atoms with Gasteiger partial charge < -0.3 is 9.80 Å². The summed E-state index contributed by atoms with van der Waals surface area (Å²) in [5.74, 6) is -0.116. The van der Waals surface area contributed by atoms with Crippen LogP contribution in [0.25, 0.3) is 10.8 Å². The number of aryl methyl sites for hydroxylation is 1. The SMILES string of the molecule is Cc1nn(CC(=O)N(CCN(C)C)Cc2ccccc2)c(=O)c2ccccc12. The Bertz CT molecular complexity index is 1010. The smallest absolute Gasteiger partial charge is 0.275 e. The topological polar surface area (TPSA) is 58.4 Å². The highest BCUT2D eigenvalue weighted by atomic mass is 16.2. The minimum absolute atomic E-state index is 0.0647. The molecular weight excluding hydrogens is 352 g/mol. The summed E-state index contributed by atoms with van der Waals surface area (Å²) in [6.07, 6.45) is 0.